The molecule has 254 valence electrons. The van der Waals surface area contributed by atoms with Crippen LogP contribution in [0.15, 0.2) is 60.2 Å². The number of ether oxygens (including phenoxy) is 6. The van der Waals surface area contributed by atoms with Gasteiger partial charge in [-0.05, 0) is 18.6 Å². The summed E-state index contributed by atoms with van der Waals surface area (Å²) in [5.74, 6) is 1.03. The first-order valence-electron chi connectivity index (χ1n) is 16.2. The van der Waals surface area contributed by atoms with Crippen molar-refractivity contribution < 1.29 is 33.5 Å². The van der Waals surface area contributed by atoms with Crippen molar-refractivity contribution in [3.8, 4) is 5.75 Å². The Morgan fingerprint density at radius 1 is 0.956 bits per heavy atom. The minimum atomic E-state index is -2.26. The van der Waals surface area contributed by atoms with E-state index in [1.807, 2.05) is 24.3 Å². The summed E-state index contributed by atoms with van der Waals surface area (Å²) in [7, 11) is 5.05. The Kier molecular flexibility index (Phi) is 17.7. The fraction of sp³-hybridized carbons (Fsp3) is 0.622. The molecule has 2 rings (SSSR count). The van der Waals surface area contributed by atoms with Gasteiger partial charge in [0, 0.05) is 7.11 Å². The second kappa shape index (κ2) is 20.0. The summed E-state index contributed by atoms with van der Waals surface area (Å²) in [4.78, 5) is 7.27. The average Bonchev–Trinajstić information content (AvgIpc) is 3.03. The van der Waals surface area contributed by atoms with Gasteiger partial charge in [0.1, 0.15) is 12.5 Å². The first kappa shape index (κ1) is 39.7. The van der Waals surface area contributed by atoms with Crippen molar-refractivity contribution in [2.75, 3.05) is 47.9 Å². The van der Waals surface area contributed by atoms with Gasteiger partial charge >= 0.3 is 175 Å². The van der Waals surface area contributed by atoms with E-state index in [2.05, 4.69) is 72.9 Å². The van der Waals surface area contributed by atoms with Gasteiger partial charge in [0.05, 0.1) is 26.9 Å². The predicted octanol–water partition coefficient (Wildman–Crippen LogP) is 6.87. The summed E-state index contributed by atoms with van der Waals surface area (Å²) >= 11 is -2.26. The zero-order valence-electron chi connectivity index (χ0n) is 29.6. The predicted molar refractivity (Wildman–Crippen MR) is 186 cm³/mol. The Bertz CT molecular complexity index is 1130. The van der Waals surface area contributed by atoms with Crippen LogP contribution in [-0.2, 0) is 35.7 Å². The monoisotopic (exact) mass is 736 g/mol. The molecule has 7 nitrogen and oxygen atoms in total. The van der Waals surface area contributed by atoms with Crippen LogP contribution in [0.25, 0.3) is 0 Å². The molecule has 0 fully saturated rings. The minimum absolute atomic E-state index is 0.195. The zero-order chi connectivity index (χ0) is 33.5. The fourth-order valence-electron chi connectivity index (χ4n) is 5.18. The van der Waals surface area contributed by atoms with Gasteiger partial charge in [0.2, 0.25) is 0 Å². The minimum Gasteiger partial charge on any atom is -0.497 e. The van der Waals surface area contributed by atoms with Gasteiger partial charge in [-0.25, -0.2) is 0 Å². The van der Waals surface area contributed by atoms with Crippen LogP contribution in [0, 0.1) is 5.92 Å². The summed E-state index contributed by atoms with van der Waals surface area (Å²) in [5, 5.41) is 11.6. The first-order chi connectivity index (χ1) is 21.3. The van der Waals surface area contributed by atoms with Crippen LogP contribution in [0.5, 0.6) is 5.75 Å². The standard InChI is InChI=1S/C34H51O7.3CH3.Sn/c1-8-27(23-40-25-39-19-18-36-5)20-26(2)32(41-24-28-14-16-30(37-6)17-15-28)21-31(38-7)22-33(35)34(3,4)29-12-10-9-11-13-29;;;;/h9-10,12-17,20,27,31-33,35H,8,18-19,21-25H2,1-7H3;3*1H3;/b26-20-;;;;/t27-,31-,32+,33+;;;;/m1..../s1. The van der Waals surface area contributed by atoms with Crippen molar-refractivity contribution >= 4 is 22.0 Å². The quantitative estimate of drug-likeness (QED) is 0.0613. The molecule has 0 aliphatic carbocycles. The van der Waals surface area contributed by atoms with E-state index in [0.29, 0.717) is 39.3 Å². The molecule has 0 heterocycles. The third-order valence-electron chi connectivity index (χ3n) is 8.67. The van der Waals surface area contributed by atoms with Crippen molar-refractivity contribution in [2.24, 2.45) is 5.92 Å². The molecule has 0 saturated carbocycles. The Morgan fingerprint density at radius 2 is 1.67 bits per heavy atom. The smallest absolute Gasteiger partial charge is 0.497 e. The van der Waals surface area contributed by atoms with Crippen LogP contribution in [0.1, 0.15) is 58.1 Å². The number of aliphatic hydroxyl groups excluding tert-OH is 1. The SMILES string of the molecule is CC[C@H](/C=C(/C)[C@H](C[C@H](C[C@H](O)C(C)(C)c1ccc[c]([Sn]([CH3])([CH3])[CH3])c1)OC)OCc1ccc(OC)cc1)COCOCCOC. The summed E-state index contributed by atoms with van der Waals surface area (Å²) in [6.45, 7) is 10.9. The van der Waals surface area contributed by atoms with Crippen molar-refractivity contribution in [3.63, 3.8) is 0 Å². The summed E-state index contributed by atoms with van der Waals surface area (Å²) < 4.78 is 35.7. The number of hydrogen-bond donors (Lipinski definition) is 1. The fourth-order valence-corrected chi connectivity index (χ4v) is 8.56. The maximum absolute atomic E-state index is 11.6. The normalized spacial score (nSPS) is 15.5. The molecule has 0 saturated heterocycles. The topological polar surface area (TPSA) is 75.6 Å². The van der Waals surface area contributed by atoms with Gasteiger partial charge in [-0.15, -0.1) is 0 Å². The molecule has 2 aromatic rings. The van der Waals surface area contributed by atoms with Crippen molar-refractivity contribution in [1.29, 1.82) is 0 Å². The van der Waals surface area contributed by atoms with E-state index >= 15 is 0 Å². The molecule has 0 unspecified atom stereocenters. The van der Waals surface area contributed by atoms with Gasteiger partial charge in [-0.3, -0.25) is 0 Å². The van der Waals surface area contributed by atoms with Crippen LogP contribution in [0.4, 0.5) is 0 Å². The first-order valence-corrected chi connectivity index (χ1v) is 26.2. The van der Waals surface area contributed by atoms with E-state index in [0.717, 1.165) is 23.3 Å². The Labute approximate surface area is 277 Å². The molecule has 0 spiro atoms. The van der Waals surface area contributed by atoms with Crippen molar-refractivity contribution in [3.05, 3.63) is 71.3 Å². The summed E-state index contributed by atoms with van der Waals surface area (Å²) in [6.07, 6.45) is 3.33. The molecule has 0 aliphatic rings. The summed E-state index contributed by atoms with van der Waals surface area (Å²) in [6, 6.07) is 16.8. The van der Waals surface area contributed by atoms with Gasteiger partial charge in [-0.2, -0.15) is 0 Å². The molecule has 8 heteroatoms. The Balaban J connectivity index is 2.20. The van der Waals surface area contributed by atoms with E-state index < -0.39 is 29.9 Å². The van der Waals surface area contributed by atoms with Crippen molar-refractivity contribution in [2.45, 2.75) is 92.1 Å². The Hall–Kier alpha value is -1.46. The molecule has 0 bridgehead atoms. The second-order valence-electron chi connectivity index (χ2n) is 13.5. The van der Waals surface area contributed by atoms with Crippen LogP contribution in [-0.4, -0.2) is 89.7 Å². The zero-order valence-corrected chi connectivity index (χ0v) is 32.4. The van der Waals surface area contributed by atoms with Gasteiger partial charge in [-0.1, -0.05) is 19.1 Å². The molecule has 4 atom stereocenters. The molecule has 0 radical (unpaired) electrons. The van der Waals surface area contributed by atoms with Gasteiger partial charge < -0.3 is 18.9 Å². The number of methoxy groups -OCH3 is 3. The molecule has 0 aliphatic heterocycles. The van der Waals surface area contributed by atoms with E-state index in [9.17, 15) is 5.11 Å². The third-order valence-corrected chi connectivity index (χ3v) is 14.5. The van der Waals surface area contributed by atoms with E-state index in [-0.39, 0.29) is 24.9 Å². The molecule has 0 amide bonds. The van der Waals surface area contributed by atoms with E-state index in [1.165, 1.54) is 9.14 Å². The summed E-state index contributed by atoms with van der Waals surface area (Å²) in [5.41, 5.74) is 2.94. The number of benzene rings is 2. The molecular weight excluding hydrogens is 675 g/mol. The van der Waals surface area contributed by atoms with Gasteiger partial charge in [0.15, 0.2) is 0 Å². The number of hydrogen-bond acceptors (Lipinski definition) is 7. The van der Waals surface area contributed by atoms with Crippen LogP contribution < -0.4 is 8.32 Å². The Morgan fingerprint density at radius 3 is 2.27 bits per heavy atom. The maximum atomic E-state index is 11.6. The van der Waals surface area contributed by atoms with E-state index in [4.69, 9.17) is 28.4 Å². The van der Waals surface area contributed by atoms with Crippen LogP contribution in [0.3, 0.4) is 0 Å². The van der Waals surface area contributed by atoms with Crippen LogP contribution >= 0.6 is 0 Å². The average molecular weight is 736 g/mol. The van der Waals surface area contributed by atoms with Crippen molar-refractivity contribution in [1.82, 2.24) is 0 Å². The molecule has 2 aromatic carbocycles. The van der Waals surface area contributed by atoms with Gasteiger partial charge in [0.25, 0.3) is 0 Å². The molecule has 45 heavy (non-hydrogen) atoms. The second-order valence-corrected chi connectivity index (χ2v) is 28.0. The van der Waals surface area contributed by atoms with E-state index in [1.54, 1.807) is 21.3 Å². The third kappa shape index (κ3) is 13.7. The van der Waals surface area contributed by atoms with Crippen LogP contribution in [0.2, 0.25) is 14.8 Å². The molecule has 1 N–H and O–H groups in total. The molecular formula is C37H60O7Sn. The molecule has 0 aromatic heterocycles. The number of rotatable bonds is 22. The number of aliphatic hydroxyl groups is 1.